The Labute approximate surface area is 131 Å². The van der Waals surface area contributed by atoms with Crippen LogP contribution in [0.2, 0.25) is 0 Å². The van der Waals surface area contributed by atoms with Gasteiger partial charge in [0.1, 0.15) is 22.0 Å². The molecular formula is C17H19O4S-. The van der Waals surface area contributed by atoms with Crippen molar-refractivity contribution in [3.8, 4) is 5.75 Å². The standard InChI is InChI=1S/C17H20O4S/c1-11-8-9-16(22(18,19)20)15(10-11)14(4)21-17-12(2)6-5-7-13(17)3/h5-10,14H,1-4H3,(H,18,19,20)/p-1. The molecular weight excluding hydrogens is 300 g/mol. The molecule has 0 saturated carbocycles. The number of aryl methyl sites for hydroxylation is 3. The molecule has 0 spiro atoms. The zero-order valence-corrected chi connectivity index (χ0v) is 13.9. The van der Waals surface area contributed by atoms with E-state index in [-0.39, 0.29) is 4.90 Å². The molecule has 5 heteroatoms. The van der Waals surface area contributed by atoms with Gasteiger partial charge >= 0.3 is 0 Å². The molecule has 2 aromatic carbocycles. The smallest absolute Gasteiger partial charge is 0.126 e. The van der Waals surface area contributed by atoms with Crippen molar-refractivity contribution in [1.29, 1.82) is 0 Å². The monoisotopic (exact) mass is 319 g/mol. The van der Waals surface area contributed by atoms with Crippen LogP contribution in [0.4, 0.5) is 0 Å². The maximum atomic E-state index is 11.4. The SMILES string of the molecule is Cc1ccc(S(=O)(=O)[O-])c(C(C)Oc2c(C)cccc2C)c1. The van der Waals surface area contributed by atoms with E-state index in [0.29, 0.717) is 11.3 Å². The molecule has 2 rings (SSSR count). The number of para-hydroxylation sites is 1. The third-order valence-corrected chi connectivity index (χ3v) is 4.49. The van der Waals surface area contributed by atoms with Crippen LogP contribution < -0.4 is 4.74 Å². The number of ether oxygens (including phenoxy) is 1. The lowest BCUT2D eigenvalue weighted by molar-refractivity contribution is 0.220. The molecule has 0 aliphatic carbocycles. The minimum atomic E-state index is -4.54. The lowest BCUT2D eigenvalue weighted by atomic mass is 10.1. The van der Waals surface area contributed by atoms with Gasteiger partial charge in [0.2, 0.25) is 0 Å². The number of hydrogen-bond donors (Lipinski definition) is 0. The maximum absolute atomic E-state index is 11.4. The highest BCUT2D eigenvalue weighted by atomic mass is 32.2. The Bertz CT molecular complexity index is 774. The van der Waals surface area contributed by atoms with Crippen LogP contribution in [0.3, 0.4) is 0 Å². The van der Waals surface area contributed by atoms with E-state index in [1.54, 1.807) is 19.1 Å². The first-order valence-electron chi connectivity index (χ1n) is 6.99. The van der Waals surface area contributed by atoms with Crippen molar-refractivity contribution in [2.45, 2.75) is 38.7 Å². The second-order valence-electron chi connectivity index (χ2n) is 5.48. The number of hydrogen-bond acceptors (Lipinski definition) is 4. The summed E-state index contributed by atoms with van der Waals surface area (Å²) in [5, 5.41) is 0. The first-order valence-corrected chi connectivity index (χ1v) is 8.40. The fourth-order valence-corrected chi connectivity index (χ4v) is 3.19. The highest BCUT2D eigenvalue weighted by Gasteiger charge is 2.18. The van der Waals surface area contributed by atoms with Crippen LogP contribution in [-0.2, 0) is 10.1 Å². The molecule has 4 nitrogen and oxygen atoms in total. The molecule has 0 radical (unpaired) electrons. The van der Waals surface area contributed by atoms with E-state index in [1.807, 2.05) is 39.0 Å². The van der Waals surface area contributed by atoms with Crippen molar-refractivity contribution in [3.63, 3.8) is 0 Å². The molecule has 0 saturated heterocycles. The molecule has 0 amide bonds. The molecule has 0 bridgehead atoms. The highest BCUT2D eigenvalue weighted by Crippen LogP contribution is 2.31. The highest BCUT2D eigenvalue weighted by molar-refractivity contribution is 7.85. The predicted octanol–water partition coefficient (Wildman–Crippen LogP) is 3.66. The van der Waals surface area contributed by atoms with Gasteiger partial charge < -0.3 is 9.29 Å². The van der Waals surface area contributed by atoms with Crippen molar-refractivity contribution in [2.75, 3.05) is 0 Å². The lowest BCUT2D eigenvalue weighted by Gasteiger charge is -2.22. The maximum Gasteiger partial charge on any atom is 0.126 e. The van der Waals surface area contributed by atoms with Crippen LogP contribution in [-0.4, -0.2) is 13.0 Å². The largest absolute Gasteiger partial charge is 0.744 e. The average Bonchev–Trinajstić information content (AvgIpc) is 2.41. The molecule has 0 heterocycles. The van der Waals surface area contributed by atoms with Gasteiger partial charge in [-0.3, -0.25) is 0 Å². The van der Waals surface area contributed by atoms with E-state index in [0.717, 1.165) is 16.7 Å². The Kier molecular flexibility index (Phi) is 4.58. The lowest BCUT2D eigenvalue weighted by Crippen LogP contribution is -2.11. The molecule has 0 fully saturated rings. The minimum absolute atomic E-state index is 0.225. The van der Waals surface area contributed by atoms with Crippen molar-refractivity contribution in [3.05, 3.63) is 58.7 Å². The Balaban J connectivity index is 2.46. The molecule has 1 atom stereocenters. The summed E-state index contributed by atoms with van der Waals surface area (Å²) in [5.41, 5.74) is 3.19. The van der Waals surface area contributed by atoms with E-state index in [4.69, 9.17) is 4.74 Å². The minimum Gasteiger partial charge on any atom is -0.744 e. The van der Waals surface area contributed by atoms with Gasteiger partial charge in [0.15, 0.2) is 0 Å². The van der Waals surface area contributed by atoms with E-state index in [9.17, 15) is 13.0 Å². The fraction of sp³-hybridized carbons (Fsp3) is 0.294. The topological polar surface area (TPSA) is 66.4 Å². The summed E-state index contributed by atoms with van der Waals surface area (Å²) in [6.07, 6.45) is -0.543. The first kappa shape index (κ1) is 16.5. The van der Waals surface area contributed by atoms with Crippen molar-refractivity contribution in [2.24, 2.45) is 0 Å². The zero-order valence-electron chi connectivity index (χ0n) is 13.1. The van der Waals surface area contributed by atoms with Crippen molar-refractivity contribution < 1.29 is 17.7 Å². The van der Waals surface area contributed by atoms with Gasteiger partial charge in [-0.2, -0.15) is 0 Å². The first-order chi connectivity index (χ1) is 10.2. The molecule has 0 aliphatic heterocycles. The fourth-order valence-electron chi connectivity index (χ4n) is 2.44. The molecule has 0 N–H and O–H groups in total. The van der Waals surface area contributed by atoms with Crippen LogP contribution in [0.25, 0.3) is 0 Å². The third kappa shape index (κ3) is 3.48. The van der Waals surface area contributed by atoms with Crippen molar-refractivity contribution >= 4 is 10.1 Å². The normalized spacial score (nSPS) is 13.0. The quantitative estimate of drug-likeness (QED) is 0.807. The van der Waals surface area contributed by atoms with E-state index in [1.165, 1.54) is 6.07 Å². The van der Waals surface area contributed by atoms with Crippen LogP contribution in [0.15, 0.2) is 41.3 Å². The Hall–Kier alpha value is -1.85. The third-order valence-electron chi connectivity index (χ3n) is 3.58. The van der Waals surface area contributed by atoms with Crippen LogP contribution in [0.5, 0.6) is 5.75 Å². The second kappa shape index (κ2) is 6.10. The molecule has 22 heavy (non-hydrogen) atoms. The average molecular weight is 319 g/mol. The van der Waals surface area contributed by atoms with Gasteiger partial charge in [0.25, 0.3) is 0 Å². The van der Waals surface area contributed by atoms with Gasteiger partial charge in [-0.15, -0.1) is 0 Å². The number of rotatable bonds is 4. The van der Waals surface area contributed by atoms with Gasteiger partial charge in [-0.25, -0.2) is 8.42 Å². The van der Waals surface area contributed by atoms with E-state index < -0.39 is 16.2 Å². The molecule has 0 aromatic heterocycles. The molecule has 118 valence electrons. The summed E-state index contributed by atoms with van der Waals surface area (Å²) in [4.78, 5) is -0.225. The number of benzene rings is 2. The van der Waals surface area contributed by atoms with Gasteiger partial charge in [0, 0.05) is 5.56 Å². The summed E-state index contributed by atoms with van der Waals surface area (Å²) in [6.45, 7) is 7.44. The van der Waals surface area contributed by atoms with E-state index >= 15 is 0 Å². The summed E-state index contributed by atoms with van der Waals surface area (Å²) < 4.78 is 40.3. The van der Waals surface area contributed by atoms with Crippen molar-refractivity contribution in [1.82, 2.24) is 0 Å². The summed E-state index contributed by atoms with van der Waals surface area (Å²) in [7, 11) is -4.54. The van der Waals surface area contributed by atoms with E-state index in [2.05, 4.69) is 0 Å². The van der Waals surface area contributed by atoms with Crippen LogP contribution in [0.1, 0.15) is 35.3 Å². The predicted molar refractivity (Wildman–Crippen MR) is 84.1 cm³/mol. The summed E-state index contributed by atoms with van der Waals surface area (Å²) in [6, 6.07) is 10.4. The second-order valence-corrected chi connectivity index (χ2v) is 6.82. The summed E-state index contributed by atoms with van der Waals surface area (Å²) >= 11 is 0. The Morgan fingerprint density at radius 3 is 2.18 bits per heavy atom. The van der Waals surface area contributed by atoms with Gasteiger partial charge in [-0.05, 0) is 44.9 Å². The van der Waals surface area contributed by atoms with Gasteiger partial charge in [0.05, 0.1) is 4.90 Å². The molecule has 0 aliphatic rings. The van der Waals surface area contributed by atoms with Gasteiger partial charge in [-0.1, -0.05) is 35.9 Å². The van der Waals surface area contributed by atoms with Crippen LogP contribution in [0, 0.1) is 20.8 Å². The molecule has 2 aromatic rings. The Morgan fingerprint density at radius 1 is 1.05 bits per heavy atom. The molecule has 1 unspecified atom stereocenters. The summed E-state index contributed by atoms with van der Waals surface area (Å²) in [5.74, 6) is 0.714. The van der Waals surface area contributed by atoms with Crippen LogP contribution >= 0.6 is 0 Å². The Morgan fingerprint density at radius 2 is 1.64 bits per heavy atom. The zero-order chi connectivity index (χ0) is 16.5.